The molecular weight excluding hydrogens is 416 g/mol. The van der Waals surface area contributed by atoms with Crippen LogP contribution in [-0.4, -0.2) is 28.8 Å². The van der Waals surface area contributed by atoms with Crippen molar-refractivity contribution in [1.29, 1.82) is 0 Å². The molecule has 0 unspecified atom stereocenters. The molecule has 0 bridgehead atoms. The molecule has 0 aromatic heterocycles. The van der Waals surface area contributed by atoms with Crippen molar-refractivity contribution in [1.82, 2.24) is 5.43 Å². The van der Waals surface area contributed by atoms with Crippen molar-refractivity contribution < 1.29 is 18.6 Å². The van der Waals surface area contributed by atoms with Crippen LogP contribution in [-0.2, 0) is 0 Å². The van der Waals surface area contributed by atoms with E-state index in [1.54, 1.807) is 37.3 Å². The molecule has 0 radical (unpaired) electrons. The van der Waals surface area contributed by atoms with Crippen LogP contribution in [0.5, 0.6) is 11.5 Å². The van der Waals surface area contributed by atoms with Gasteiger partial charge in [0.15, 0.2) is 16.6 Å². The molecule has 0 saturated heterocycles. The average Bonchev–Trinajstić information content (AvgIpc) is 2.60. The topological polar surface area (TPSA) is 65.9 Å². The number of benzene rings is 2. The summed E-state index contributed by atoms with van der Waals surface area (Å²) in [5.74, 6) is -2.33. The second kappa shape index (κ2) is 10.3. The molecule has 144 valence electrons. The quantitative estimate of drug-likeness (QED) is 0.246. The summed E-state index contributed by atoms with van der Waals surface area (Å²) in [5, 5.41) is 17.0. The fourth-order valence-corrected chi connectivity index (χ4v) is 2.87. The van der Waals surface area contributed by atoms with Crippen LogP contribution in [0.25, 0.3) is 0 Å². The van der Waals surface area contributed by atoms with Crippen LogP contribution in [0.3, 0.4) is 0 Å². The van der Waals surface area contributed by atoms with Gasteiger partial charge in [-0.2, -0.15) is 13.9 Å². The van der Waals surface area contributed by atoms with Crippen LogP contribution < -0.4 is 15.5 Å². The number of thiocarbonyl (C=S) groups is 1. The van der Waals surface area contributed by atoms with Crippen molar-refractivity contribution in [3.8, 4) is 11.5 Å². The lowest BCUT2D eigenvalue weighted by Gasteiger charge is -2.09. The summed E-state index contributed by atoms with van der Waals surface area (Å²) in [5.41, 5.74) is 3.86. The maximum absolute atomic E-state index is 12.3. The Balaban J connectivity index is 1.93. The number of thioether (sulfide) groups is 1. The van der Waals surface area contributed by atoms with Crippen LogP contribution in [0.1, 0.15) is 12.5 Å². The number of aromatic hydroxyl groups is 1. The van der Waals surface area contributed by atoms with Crippen molar-refractivity contribution in [3.05, 3.63) is 47.0 Å². The minimum absolute atomic E-state index is 0.130. The van der Waals surface area contributed by atoms with Gasteiger partial charge in [-0.15, -0.1) is 0 Å². The number of alkyl halides is 2. The smallest absolute Gasteiger partial charge is 0.288 e. The summed E-state index contributed by atoms with van der Waals surface area (Å²) in [6, 6.07) is 9.52. The fourth-order valence-electron chi connectivity index (χ4n) is 1.98. The third-order valence-corrected chi connectivity index (χ3v) is 4.27. The largest absolute Gasteiger partial charge is 0.503 e. The van der Waals surface area contributed by atoms with Crippen molar-refractivity contribution in [3.63, 3.8) is 0 Å². The standard InChI is InChI=1S/C17H16ClF2N3O2S2/c1-2-25-14-8-10(7-13(18)15(14)24)9-21-23-17(26)22-11-3-5-12(6-4-11)27-16(19)20/h3-9,16,24H,2H2,1H3,(H2,22,23,26)/b21-9-. The van der Waals surface area contributed by atoms with E-state index < -0.39 is 5.76 Å². The Hall–Kier alpha value is -2.10. The molecule has 0 saturated carbocycles. The van der Waals surface area contributed by atoms with Gasteiger partial charge in [0.2, 0.25) is 0 Å². The Labute approximate surface area is 169 Å². The molecule has 0 heterocycles. The maximum atomic E-state index is 12.3. The second-order valence-corrected chi connectivity index (χ2v) is 6.89. The van der Waals surface area contributed by atoms with Gasteiger partial charge in [0.1, 0.15) is 0 Å². The van der Waals surface area contributed by atoms with E-state index in [2.05, 4.69) is 15.8 Å². The number of nitrogens with one attached hydrogen (secondary N) is 2. The first-order chi connectivity index (χ1) is 12.9. The zero-order valence-electron chi connectivity index (χ0n) is 14.1. The molecule has 0 aliphatic carbocycles. The number of hydrogen-bond donors (Lipinski definition) is 3. The fraction of sp³-hybridized carbons (Fsp3) is 0.176. The number of rotatable bonds is 7. The lowest BCUT2D eigenvalue weighted by Crippen LogP contribution is -2.23. The van der Waals surface area contributed by atoms with E-state index in [4.69, 9.17) is 28.6 Å². The number of nitrogens with zero attached hydrogens (tertiary/aromatic N) is 1. The molecule has 2 rings (SSSR count). The Kier molecular flexibility index (Phi) is 8.08. The van der Waals surface area contributed by atoms with Gasteiger partial charge in [-0.3, -0.25) is 5.43 Å². The van der Waals surface area contributed by atoms with E-state index in [0.717, 1.165) is 0 Å². The highest BCUT2D eigenvalue weighted by atomic mass is 35.5. The number of hydrazone groups is 1. The SMILES string of the molecule is CCOc1cc(/C=N\NC(=S)Nc2ccc(SC(F)F)cc2)cc(Cl)c1O. The number of halogens is 3. The van der Waals surface area contributed by atoms with Crippen LogP contribution in [0.15, 0.2) is 46.4 Å². The molecule has 3 N–H and O–H groups in total. The Morgan fingerprint density at radius 1 is 1.37 bits per heavy atom. The lowest BCUT2D eigenvalue weighted by atomic mass is 10.2. The molecular formula is C17H16ClF2N3O2S2. The zero-order chi connectivity index (χ0) is 19.8. The minimum atomic E-state index is -2.46. The van der Waals surface area contributed by atoms with Crippen molar-refractivity contribution >= 4 is 52.6 Å². The predicted molar refractivity (Wildman–Crippen MR) is 110 cm³/mol. The summed E-state index contributed by atoms with van der Waals surface area (Å²) >= 11 is 11.5. The monoisotopic (exact) mass is 431 g/mol. The number of hydrogen-bond acceptors (Lipinski definition) is 5. The van der Waals surface area contributed by atoms with E-state index in [0.29, 0.717) is 34.5 Å². The van der Waals surface area contributed by atoms with Gasteiger partial charge in [0, 0.05) is 10.6 Å². The molecule has 0 aliphatic heterocycles. The van der Waals surface area contributed by atoms with E-state index in [9.17, 15) is 13.9 Å². The normalized spacial score (nSPS) is 11.0. The highest BCUT2D eigenvalue weighted by molar-refractivity contribution is 7.99. The lowest BCUT2D eigenvalue weighted by molar-refractivity contribution is 0.252. The second-order valence-electron chi connectivity index (χ2n) is 5.01. The molecule has 0 fully saturated rings. The predicted octanol–water partition coefficient (Wildman–Crippen LogP) is 5.08. The molecule has 5 nitrogen and oxygen atoms in total. The van der Waals surface area contributed by atoms with Crippen molar-refractivity contribution in [2.45, 2.75) is 17.6 Å². The summed E-state index contributed by atoms with van der Waals surface area (Å²) in [6.07, 6.45) is 1.46. The number of phenolic OH excluding ortho intramolecular Hbond substituents is 1. The van der Waals surface area contributed by atoms with Crippen molar-refractivity contribution in [2.75, 3.05) is 11.9 Å². The summed E-state index contributed by atoms with van der Waals surface area (Å²) < 4.78 is 29.9. The molecule has 0 atom stereocenters. The van der Waals surface area contributed by atoms with E-state index in [-0.39, 0.29) is 21.6 Å². The van der Waals surface area contributed by atoms with Gasteiger partial charge < -0.3 is 15.2 Å². The van der Waals surface area contributed by atoms with E-state index >= 15 is 0 Å². The summed E-state index contributed by atoms with van der Waals surface area (Å²) in [4.78, 5) is 0.460. The van der Waals surface area contributed by atoms with E-state index in [1.165, 1.54) is 12.3 Å². The number of ether oxygens (including phenoxy) is 1. The maximum Gasteiger partial charge on any atom is 0.288 e. The van der Waals surface area contributed by atoms with Gasteiger partial charge in [-0.05, 0) is 61.1 Å². The molecule has 27 heavy (non-hydrogen) atoms. The molecule has 2 aromatic carbocycles. The highest BCUT2D eigenvalue weighted by Gasteiger charge is 2.09. The average molecular weight is 432 g/mol. The first-order valence-electron chi connectivity index (χ1n) is 7.69. The van der Waals surface area contributed by atoms with Crippen LogP contribution in [0.2, 0.25) is 5.02 Å². The van der Waals surface area contributed by atoms with Crippen LogP contribution in [0.4, 0.5) is 14.5 Å². The molecule has 2 aromatic rings. The molecule has 0 aliphatic rings. The Bertz CT molecular complexity index is 821. The Morgan fingerprint density at radius 2 is 2.07 bits per heavy atom. The Morgan fingerprint density at radius 3 is 2.70 bits per heavy atom. The van der Waals surface area contributed by atoms with Crippen molar-refractivity contribution in [2.24, 2.45) is 5.10 Å². The zero-order valence-corrected chi connectivity index (χ0v) is 16.5. The van der Waals surface area contributed by atoms with Crippen LogP contribution >= 0.6 is 35.6 Å². The molecule has 10 heteroatoms. The minimum Gasteiger partial charge on any atom is -0.503 e. The molecule has 0 amide bonds. The highest BCUT2D eigenvalue weighted by Crippen LogP contribution is 2.34. The first-order valence-corrected chi connectivity index (χ1v) is 9.36. The van der Waals surface area contributed by atoms with Gasteiger partial charge in [-0.1, -0.05) is 23.4 Å². The molecule has 0 spiro atoms. The van der Waals surface area contributed by atoms with E-state index in [1.807, 2.05) is 0 Å². The van der Waals surface area contributed by atoms with Gasteiger partial charge in [0.05, 0.1) is 17.8 Å². The number of phenols is 1. The van der Waals surface area contributed by atoms with Gasteiger partial charge in [-0.25, -0.2) is 0 Å². The summed E-state index contributed by atoms with van der Waals surface area (Å²) in [6.45, 7) is 2.17. The third kappa shape index (κ3) is 6.85. The summed E-state index contributed by atoms with van der Waals surface area (Å²) in [7, 11) is 0. The third-order valence-electron chi connectivity index (χ3n) is 3.07. The van der Waals surface area contributed by atoms with Gasteiger partial charge >= 0.3 is 0 Å². The van der Waals surface area contributed by atoms with Crippen LogP contribution in [0, 0.1) is 0 Å². The number of anilines is 1. The first kappa shape index (κ1) is 21.2. The van der Waals surface area contributed by atoms with Gasteiger partial charge in [0.25, 0.3) is 5.76 Å².